The topological polar surface area (TPSA) is 142 Å². The van der Waals surface area contributed by atoms with E-state index in [0.29, 0.717) is 48.6 Å². The smallest absolute Gasteiger partial charge is 0.307 e. The molecule has 4 rings (SSSR count). The van der Waals surface area contributed by atoms with E-state index in [9.17, 15) is 29.4 Å². The van der Waals surface area contributed by atoms with Gasteiger partial charge in [0.15, 0.2) is 0 Å². The summed E-state index contributed by atoms with van der Waals surface area (Å²) in [6.07, 6.45) is 5.53. The quantitative estimate of drug-likeness (QED) is 0.387. The van der Waals surface area contributed by atoms with Gasteiger partial charge in [0.25, 0.3) is 0 Å². The van der Waals surface area contributed by atoms with Gasteiger partial charge in [-0.05, 0) is 74.2 Å². The summed E-state index contributed by atoms with van der Waals surface area (Å²) in [4.78, 5) is 48.3. The summed E-state index contributed by atoms with van der Waals surface area (Å²) >= 11 is 0. The summed E-state index contributed by atoms with van der Waals surface area (Å²) in [5.41, 5.74) is 1.13. The van der Waals surface area contributed by atoms with E-state index < -0.39 is 35.6 Å². The van der Waals surface area contributed by atoms with Crippen molar-refractivity contribution in [3.8, 4) is 11.5 Å². The lowest BCUT2D eigenvalue weighted by Crippen LogP contribution is -2.36. The van der Waals surface area contributed by atoms with Crippen LogP contribution in [0.3, 0.4) is 0 Å². The van der Waals surface area contributed by atoms with Gasteiger partial charge in [-0.3, -0.25) is 19.2 Å². The number of rotatable bonds is 8. The summed E-state index contributed by atoms with van der Waals surface area (Å²) in [5.74, 6) is -3.67. The van der Waals surface area contributed by atoms with Crippen LogP contribution in [0, 0.1) is 23.7 Å². The molecule has 0 saturated heterocycles. The van der Waals surface area contributed by atoms with Gasteiger partial charge in [0.05, 0.1) is 23.7 Å². The van der Waals surface area contributed by atoms with E-state index in [4.69, 9.17) is 4.74 Å². The summed E-state index contributed by atoms with van der Waals surface area (Å²) in [6, 6.07) is 13.6. The van der Waals surface area contributed by atoms with Gasteiger partial charge in [-0.2, -0.15) is 0 Å². The minimum atomic E-state index is -0.923. The molecule has 0 heterocycles. The molecule has 2 aromatic rings. The molecule has 2 aromatic carbocycles. The van der Waals surface area contributed by atoms with Gasteiger partial charge in [-0.1, -0.05) is 25.7 Å². The number of ether oxygens (including phenoxy) is 1. The second-order valence-corrected chi connectivity index (χ2v) is 9.80. The van der Waals surface area contributed by atoms with Crippen molar-refractivity contribution in [1.82, 2.24) is 0 Å². The Hall–Kier alpha value is -3.88. The normalized spacial score (nSPS) is 23.5. The molecule has 196 valence electrons. The van der Waals surface area contributed by atoms with Crippen LogP contribution in [0.1, 0.15) is 51.4 Å². The van der Waals surface area contributed by atoms with Crippen LogP contribution in [0.25, 0.3) is 0 Å². The Morgan fingerprint density at radius 2 is 0.892 bits per heavy atom. The number of amides is 2. The molecular formula is C28H32N2O7. The molecule has 2 aliphatic carbocycles. The number of anilines is 2. The highest BCUT2D eigenvalue weighted by Gasteiger charge is 2.36. The van der Waals surface area contributed by atoms with Crippen molar-refractivity contribution >= 4 is 35.1 Å². The highest BCUT2D eigenvalue weighted by atomic mass is 16.5. The Labute approximate surface area is 215 Å². The first-order valence-electron chi connectivity index (χ1n) is 12.8. The van der Waals surface area contributed by atoms with E-state index in [-0.39, 0.29) is 11.8 Å². The third kappa shape index (κ3) is 6.67. The third-order valence-electron chi connectivity index (χ3n) is 7.32. The molecule has 4 N–H and O–H groups in total. The van der Waals surface area contributed by atoms with E-state index in [1.54, 1.807) is 48.5 Å². The van der Waals surface area contributed by atoms with Crippen LogP contribution in [0.5, 0.6) is 11.5 Å². The second-order valence-electron chi connectivity index (χ2n) is 9.80. The molecular weight excluding hydrogens is 476 g/mol. The highest BCUT2D eigenvalue weighted by molar-refractivity contribution is 5.96. The minimum absolute atomic E-state index is 0.277. The fourth-order valence-corrected chi connectivity index (χ4v) is 5.30. The molecule has 0 spiro atoms. The van der Waals surface area contributed by atoms with Crippen LogP contribution in [-0.4, -0.2) is 34.0 Å². The third-order valence-corrected chi connectivity index (χ3v) is 7.32. The number of aliphatic carboxylic acids is 2. The molecule has 0 aromatic heterocycles. The Morgan fingerprint density at radius 1 is 0.568 bits per heavy atom. The average molecular weight is 509 g/mol. The lowest BCUT2D eigenvalue weighted by atomic mass is 9.78. The van der Waals surface area contributed by atoms with Gasteiger partial charge in [0.2, 0.25) is 11.8 Å². The number of benzene rings is 2. The molecule has 37 heavy (non-hydrogen) atoms. The van der Waals surface area contributed by atoms with Crippen molar-refractivity contribution in [2.75, 3.05) is 10.6 Å². The van der Waals surface area contributed by atoms with Crippen molar-refractivity contribution in [3.63, 3.8) is 0 Å². The first-order chi connectivity index (χ1) is 17.8. The van der Waals surface area contributed by atoms with Crippen LogP contribution in [0.2, 0.25) is 0 Å². The summed E-state index contributed by atoms with van der Waals surface area (Å²) < 4.78 is 5.85. The maximum atomic E-state index is 12.7. The van der Waals surface area contributed by atoms with Gasteiger partial charge in [0, 0.05) is 11.4 Å². The Bertz CT molecular complexity index is 1040. The van der Waals surface area contributed by atoms with Crippen LogP contribution < -0.4 is 15.4 Å². The number of carboxylic acids is 2. The Morgan fingerprint density at radius 3 is 1.22 bits per heavy atom. The first kappa shape index (κ1) is 26.2. The predicted octanol–water partition coefficient (Wildman–Crippen LogP) is 5.14. The van der Waals surface area contributed by atoms with E-state index in [0.717, 1.165) is 25.7 Å². The largest absolute Gasteiger partial charge is 0.481 e. The average Bonchev–Trinajstić information content (AvgIpc) is 2.90. The summed E-state index contributed by atoms with van der Waals surface area (Å²) in [5, 5.41) is 24.5. The molecule has 0 aliphatic heterocycles. The van der Waals surface area contributed by atoms with Gasteiger partial charge in [-0.15, -0.1) is 0 Å². The van der Waals surface area contributed by atoms with Crippen molar-refractivity contribution < 1.29 is 34.1 Å². The van der Waals surface area contributed by atoms with E-state index in [1.807, 2.05) is 0 Å². The number of carboxylic acid groups (broad SMARTS) is 2. The number of carbonyl (C=O) groups is 4. The molecule has 9 heteroatoms. The van der Waals surface area contributed by atoms with Crippen LogP contribution in [0.4, 0.5) is 11.4 Å². The van der Waals surface area contributed by atoms with Crippen LogP contribution in [-0.2, 0) is 19.2 Å². The molecule has 0 unspecified atom stereocenters. The Kier molecular flexibility index (Phi) is 8.43. The fraction of sp³-hybridized carbons (Fsp3) is 0.429. The SMILES string of the molecule is O=C(O)[C@H]1CCCC[C@H]1C(=O)Nc1ccc(Oc2ccc(NC(=O)[C@H]3CCCC[C@H]3C(=O)O)cc2)cc1. The monoisotopic (exact) mass is 508 g/mol. The lowest BCUT2D eigenvalue weighted by Gasteiger charge is -2.27. The van der Waals surface area contributed by atoms with Crippen molar-refractivity contribution in [2.45, 2.75) is 51.4 Å². The van der Waals surface area contributed by atoms with E-state index >= 15 is 0 Å². The Balaban J connectivity index is 1.31. The summed E-state index contributed by atoms with van der Waals surface area (Å²) in [7, 11) is 0. The number of nitrogens with one attached hydrogen (secondary N) is 2. The van der Waals surface area contributed by atoms with Crippen LogP contribution in [0.15, 0.2) is 48.5 Å². The molecule has 2 aliphatic rings. The standard InChI is InChI=1S/C28H32N2O7/c31-25(21-5-1-3-7-23(21)27(33)34)29-17-9-13-19(14-10-17)37-20-15-11-18(12-16-20)30-26(32)22-6-2-4-8-24(22)28(35)36/h9-16,21-24H,1-8H2,(H,29,31)(H,30,32)(H,33,34)(H,35,36)/t21-,22+,23+,24-. The van der Waals surface area contributed by atoms with Gasteiger partial charge >= 0.3 is 11.9 Å². The highest BCUT2D eigenvalue weighted by Crippen LogP contribution is 2.33. The predicted molar refractivity (Wildman–Crippen MR) is 136 cm³/mol. The number of hydrogen-bond donors (Lipinski definition) is 4. The van der Waals surface area contributed by atoms with Gasteiger partial charge in [0.1, 0.15) is 11.5 Å². The van der Waals surface area contributed by atoms with Crippen molar-refractivity contribution in [3.05, 3.63) is 48.5 Å². The number of carbonyl (C=O) groups excluding carboxylic acids is 2. The zero-order valence-electron chi connectivity index (χ0n) is 20.5. The number of hydrogen-bond acceptors (Lipinski definition) is 5. The zero-order valence-corrected chi connectivity index (χ0v) is 20.5. The minimum Gasteiger partial charge on any atom is -0.481 e. The molecule has 2 fully saturated rings. The van der Waals surface area contributed by atoms with Crippen molar-refractivity contribution in [1.29, 1.82) is 0 Å². The zero-order chi connectivity index (χ0) is 26.4. The van der Waals surface area contributed by atoms with Gasteiger partial charge < -0.3 is 25.6 Å². The fourth-order valence-electron chi connectivity index (χ4n) is 5.30. The molecule has 0 bridgehead atoms. The first-order valence-corrected chi connectivity index (χ1v) is 12.8. The second kappa shape index (κ2) is 11.9. The van der Waals surface area contributed by atoms with Crippen LogP contribution >= 0.6 is 0 Å². The molecule has 0 radical (unpaired) electrons. The van der Waals surface area contributed by atoms with Gasteiger partial charge in [-0.25, -0.2) is 0 Å². The maximum Gasteiger partial charge on any atom is 0.307 e. The van der Waals surface area contributed by atoms with E-state index in [2.05, 4.69) is 10.6 Å². The van der Waals surface area contributed by atoms with E-state index in [1.165, 1.54) is 0 Å². The molecule has 9 nitrogen and oxygen atoms in total. The maximum absolute atomic E-state index is 12.7. The molecule has 4 atom stereocenters. The molecule has 2 saturated carbocycles. The van der Waals surface area contributed by atoms with Crippen molar-refractivity contribution in [2.24, 2.45) is 23.7 Å². The lowest BCUT2D eigenvalue weighted by molar-refractivity contribution is -0.148. The molecule has 2 amide bonds. The summed E-state index contributed by atoms with van der Waals surface area (Å²) in [6.45, 7) is 0.